The maximum atomic E-state index is 12.1. The summed E-state index contributed by atoms with van der Waals surface area (Å²) in [7, 11) is 0. The fourth-order valence-electron chi connectivity index (χ4n) is 3.01. The van der Waals surface area contributed by atoms with Gasteiger partial charge < -0.3 is 20.2 Å². The monoisotopic (exact) mass is 298 g/mol. The number of carboxylic acid groups (broad SMARTS) is 1. The van der Waals surface area contributed by atoms with E-state index in [1.165, 1.54) is 0 Å². The molecule has 0 bridgehead atoms. The Labute approximate surface area is 125 Å². The lowest BCUT2D eigenvalue weighted by molar-refractivity contribution is -0.138. The van der Waals surface area contributed by atoms with Gasteiger partial charge in [0.05, 0.1) is 6.54 Å². The summed E-state index contributed by atoms with van der Waals surface area (Å²) < 4.78 is 0. The highest BCUT2D eigenvalue weighted by Gasteiger charge is 2.24. The van der Waals surface area contributed by atoms with Gasteiger partial charge in [-0.05, 0) is 25.4 Å². The molecule has 2 aliphatic rings. The Bertz CT molecular complexity index is 369. The minimum atomic E-state index is -0.811. The number of carbonyl (C=O) groups is 2. The molecule has 120 valence electrons. The smallest absolute Gasteiger partial charge is 0.317 e. The summed E-state index contributed by atoms with van der Waals surface area (Å²) >= 11 is 0. The van der Waals surface area contributed by atoms with E-state index in [4.69, 9.17) is 5.11 Å². The molecule has 0 aliphatic carbocycles. The Hall–Kier alpha value is -1.34. The Morgan fingerprint density at radius 3 is 2.43 bits per heavy atom. The molecule has 0 saturated carbocycles. The highest BCUT2D eigenvalue weighted by atomic mass is 16.4. The lowest BCUT2D eigenvalue weighted by atomic mass is 10.1. The van der Waals surface area contributed by atoms with E-state index in [1.807, 2.05) is 4.90 Å². The second-order valence-corrected chi connectivity index (χ2v) is 5.89. The van der Waals surface area contributed by atoms with Gasteiger partial charge in [-0.2, -0.15) is 0 Å². The topological polar surface area (TPSA) is 76.1 Å². The summed E-state index contributed by atoms with van der Waals surface area (Å²) in [6.45, 7) is 8.71. The molecule has 2 saturated heterocycles. The van der Waals surface area contributed by atoms with Crippen LogP contribution in [0.2, 0.25) is 0 Å². The van der Waals surface area contributed by atoms with Crippen molar-refractivity contribution in [2.75, 3.05) is 58.9 Å². The van der Waals surface area contributed by atoms with Crippen molar-refractivity contribution < 1.29 is 14.7 Å². The number of carboxylic acids is 1. The zero-order valence-electron chi connectivity index (χ0n) is 12.8. The number of hydrogen-bond acceptors (Lipinski definition) is 4. The Balaban J connectivity index is 1.64. The van der Waals surface area contributed by atoms with Gasteiger partial charge >= 0.3 is 12.0 Å². The molecule has 2 heterocycles. The molecular weight excluding hydrogens is 272 g/mol. The van der Waals surface area contributed by atoms with Crippen LogP contribution in [0.25, 0.3) is 0 Å². The Morgan fingerprint density at radius 1 is 1.14 bits per heavy atom. The third-order valence-corrected chi connectivity index (χ3v) is 4.38. The predicted octanol–water partition coefficient (Wildman–Crippen LogP) is -0.260. The highest BCUT2D eigenvalue weighted by molar-refractivity contribution is 5.74. The van der Waals surface area contributed by atoms with Crippen LogP contribution in [0.5, 0.6) is 0 Å². The van der Waals surface area contributed by atoms with Crippen LogP contribution in [0, 0.1) is 5.92 Å². The number of carbonyl (C=O) groups excluding carboxylic acids is 1. The minimum absolute atomic E-state index is 0.0140. The maximum absolute atomic E-state index is 12.1. The first-order chi connectivity index (χ1) is 10.1. The second kappa shape index (κ2) is 7.61. The van der Waals surface area contributed by atoms with E-state index in [2.05, 4.69) is 17.1 Å². The lowest BCUT2D eigenvalue weighted by Crippen LogP contribution is -2.53. The van der Waals surface area contributed by atoms with Crippen molar-refractivity contribution in [3.05, 3.63) is 0 Å². The average molecular weight is 298 g/mol. The van der Waals surface area contributed by atoms with Crippen LogP contribution >= 0.6 is 0 Å². The Morgan fingerprint density at radius 2 is 1.86 bits per heavy atom. The van der Waals surface area contributed by atoms with Crippen molar-refractivity contribution in [2.24, 2.45) is 5.92 Å². The van der Waals surface area contributed by atoms with E-state index >= 15 is 0 Å². The molecule has 0 aromatic rings. The van der Waals surface area contributed by atoms with Gasteiger partial charge in [0.2, 0.25) is 0 Å². The number of aliphatic carboxylic acids is 1. The van der Waals surface area contributed by atoms with E-state index in [0.717, 1.165) is 32.6 Å². The van der Waals surface area contributed by atoms with Gasteiger partial charge in [-0.15, -0.1) is 0 Å². The van der Waals surface area contributed by atoms with E-state index in [0.29, 0.717) is 32.1 Å². The molecule has 21 heavy (non-hydrogen) atoms. The van der Waals surface area contributed by atoms with Crippen molar-refractivity contribution in [1.82, 2.24) is 20.0 Å². The SMILES string of the molecule is CCN1CCC(CNC(=O)N2CCN(CC(=O)O)CC2)C1. The van der Waals surface area contributed by atoms with Crippen LogP contribution in [0.15, 0.2) is 0 Å². The number of urea groups is 1. The van der Waals surface area contributed by atoms with E-state index in [1.54, 1.807) is 4.90 Å². The van der Waals surface area contributed by atoms with Gasteiger partial charge in [0.15, 0.2) is 0 Å². The minimum Gasteiger partial charge on any atom is -0.480 e. The van der Waals surface area contributed by atoms with Crippen molar-refractivity contribution in [1.29, 1.82) is 0 Å². The summed E-state index contributed by atoms with van der Waals surface area (Å²) in [5.41, 5.74) is 0. The third kappa shape index (κ3) is 4.86. The van der Waals surface area contributed by atoms with Gasteiger partial charge in [-0.1, -0.05) is 6.92 Å². The van der Waals surface area contributed by atoms with E-state index in [-0.39, 0.29) is 12.6 Å². The largest absolute Gasteiger partial charge is 0.480 e. The van der Waals surface area contributed by atoms with Crippen LogP contribution in [0.1, 0.15) is 13.3 Å². The molecule has 0 spiro atoms. The summed E-state index contributed by atoms with van der Waals surface area (Å²) in [6, 6.07) is -0.0140. The number of piperazine rings is 1. The predicted molar refractivity (Wildman–Crippen MR) is 79.3 cm³/mol. The maximum Gasteiger partial charge on any atom is 0.317 e. The van der Waals surface area contributed by atoms with Crippen LogP contribution in [0.4, 0.5) is 4.79 Å². The zero-order valence-corrected chi connectivity index (χ0v) is 12.8. The number of nitrogens with one attached hydrogen (secondary N) is 1. The first-order valence-electron chi connectivity index (χ1n) is 7.77. The van der Waals surface area contributed by atoms with Gasteiger partial charge in [-0.3, -0.25) is 9.69 Å². The van der Waals surface area contributed by atoms with Gasteiger partial charge in [0.1, 0.15) is 0 Å². The second-order valence-electron chi connectivity index (χ2n) is 5.89. The molecule has 1 unspecified atom stereocenters. The van der Waals surface area contributed by atoms with Crippen molar-refractivity contribution >= 4 is 12.0 Å². The highest BCUT2D eigenvalue weighted by Crippen LogP contribution is 2.14. The van der Waals surface area contributed by atoms with Crippen LogP contribution < -0.4 is 5.32 Å². The molecule has 2 fully saturated rings. The van der Waals surface area contributed by atoms with E-state index in [9.17, 15) is 9.59 Å². The number of hydrogen-bond donors (Lipinski definition) is 2. The first-order valence-corrected chi connectivity index (χ1v) is 7.77. The van der Waals surface area contributed by atoms with E-state index < -0.39 is 5.97 Å². The van der Waals surface area contributed by atoms with Crippen LogP contribution in [-0.4, -0.2) is 90.7 Å². The summed E-state index contributed by atoms with van der Waals surface area (Å²) in [5.74, 6) is -0.253. The van der Waals surface area contributed by atoms with Gasteiger partial charge in [0.25, 0.3) is 0 Å². The molecule has 0 aromatic heterocycles. The molecule has 2 rings (SSSR count). The standard InChI is InChI=1S/C14H26N4O3/c1-2-16-4-3-12(10-16)9-15-14(21)18-7-5-17(6-8-18)11-13(19)20/h12H,2-11H2,1H3,(H,15,21)(H,19,20). The number of rotatable bonds is 5. The molecule has 7 heteroatoms. The van der Waals surface area contributed by atoms with Gasteiger partial charge in [0, 0.05) is 39.3 Å². The summed E-state index contributed by atoms with van der Waals surface area (Å²) in [4.78, 5) is 28.8. The molecule has 0 radical (unpaired) electrons. The fourth-order valence-corrected chi connectivity index (χ4v) is 3.01. The average Bonchev–Trinajstić information content (AvgIpc) is 2.93. The van der Waals surface area contributed by atoms with Gasteiger partial charge in [-0.25, -0.2) is 4.79 Å². The molecule has 2 amide bonds. The Kier molecular flexibility index (Phi) is 5.81. The van der Waals surface area contributed by atoms with Crippen LogP contribution in [-0.2, 0) is 4.79 Å². The zero-order chi connectivity index (χ0) is 15.2. The van der Waals surface area contributed by atoms with Crippen molar-refractivity contribution in [3.8, 4) is 0 Å². The number of amides is 2. The molecule has 2 N–H and O–H groups in total. The molecule has 0 aromatic carbocycles. The summed E-state index contributed by atoms with van der Waals surface area (Å²) in [5, 5.41) is 11.8. The molecule has 1 atom stereocenters. The summed E-state index contributed by atoms with van der Waals surface area (Å²) in [6.07, 6.45) is 1.15. The first kappa shape index (κ1) is 16.0. The molecular formula is C14H26N4O3. The normalized spacial score (nSPS) is 24.2. The molecule has 7 nitrogen and oxygen atoms in total. The fraction of sp³-hybridized carbons (Fsp3) is 0.857. The third-order valence-electron chi connectivity index (χ3n) is 4.38. The lowest BCUT2D eigenvalue weighted by Gasteiger charge is -2.34. The van der Waals surface area contributed by atoms with Crippen LogP contribution in [0.3, 0.4) is 0 Å². The molecule has 2 aliphatic heterocycles. The van der Waals surface area contributed by atoms with Crippen molar-refractivity contribution in [3.63, 3.8) is 0 Å². The quantitative estimate of drug-likeness (QED) is 0.731. The van der Waals surface area contributed by atoms with Crippen molar-refractivity contribution in [2.45, 2.75) is 13.3 Å². The number of likely N-dealkylation sites (tertiary alicyclic amines) is 1. The number of nitrogens with zero attached hydrogens (tertiary/aromatic N) is 3.